The molecule has 18 heavy (non-hydrogen) atoms. The van der Waals surface area contributed by atoms with E-state index in [0.29, 0.717) is 0 Å². The van der Waals surface area contributed by atoms with Gasteiger partial charge in [0.1, 0.15) is 0 Å². The predicted octanol–water partition coefficient (Wildman–Crippen LogP) is 4.22. The van der Waals surface area contributed by atoms with Crippen molar-refractivity contribution < 1.29 is 0 Å². The van der Waals surface area contributed by atoms with Crippen LogP contribution >= 0.6 is 11.3 Å². The molecule has 0 bridgehead atoms. The average Bonchev–Trinajstić information content (AvgIpc) is 2.69. The Hall–Kier alpha value is -1.12. The molecule has 2 heteroatoms. The molecular formula is C16H21NS. The van der Waals surface area contributed by atoms with Gasteiger partial charge in [-0.15, -0.1) is 11.3 Å². The second-order valence-corrected chi connectivity index (χ2v) is 6.07. The van der Waals surface area contributed by atoms with Gasteiger partial charge in [-0.1, -0.05) is 31.2 Å². The van der Waals surface area contributed by atoms with Crippen LogP contribution in [0.5, 0.6) is 0 Å². The summed E-state index contributed by atoms with van der Waals surface area (Å²) in [5.74, 6) is 0. The first kappa shape index (κ1) is 13.3. The fraction of sp³-hybridized carbons (Fsp3) is 0.375. The van der Waals surface area contributed by atoms with Crippen LogP contribution in [-0.4, -0.2) is 0 Å². The van der Waals surface area contributed by atoms with E-state index in [2.05, 4.69) is 56.4 Å². The summed E-state index contributed by atoms with van der Waals surface area (Å²) >= 11 is 1.89. The van der Waals surface area contributed by atoms with Gasteiger partial charge in [-0.3, -0.25) is 0 Å². The third kappa shape index (κ3) is 3.44. The van der Waals surface area contributed by atoms with Gasteiger partial charge in [0, 0.05) is 22.8 Å². The fourth-order valence-electron chi connectivity index (χ4n) is 1.96. The van der Waals surface area contributed by atoms with E-state index < -0.39 is 0 Å². The van der Waals surface area contributed by atoms with Crippen LogP contribution in [0.25, 0.3) is 0 Å². The molecule has 1 heterocycles. The zero-order chi connectivity index (χ0) is 13.0. The minimum Gasteiger partial charge on any atom is -0.308 e. The van der Waals surface area contributed by atoms with E-state index >= 15 is 0 Å². The third-order valence-corrected chi connectivity index (χ3v) is 4.43. The van der Waals surface area contributed by atoms with Crippen molar-refractivity contribution in [3.63, 3.8) is 0 Å². The molecule has 0 aliphatic rings. The zero-order valence-corrected chi connectivity index (χ0v) is 12.2. The minimum atomic E-state index is 0.944. The number of hydrogen-bond donors (Lipinski definition) is 1. The Bertz CT molecular complexity index is 477. The van der Waals surface area contributed by atoms with Crippen LogP contribution in [0.1, 0.15) is 33.4 Å². The highest BCUT2D eigenvalue weighted by Gasteiger charge is 2.01. The number of rotatable bonds is 5. The van der Waals surface area contributed by atoms with Gasteiger partial charge in [-0.25, -0.2) is 0 Å². The van der Waals surface area contributed by atoms with Gasteiger partial charge in [-0.05, 0) is 43.0 Å². The molecule has 2 rings (SSSR count). The standard InChI is InChI=1S/C16H21NS/c1-4-14-5-7-15(8-6-14)10-17-11-16-9-12(2)13(3)18-16/h5-9,17H,4,10-11H2,1-3H3. The first-order chi connectivity index (χ1) is 8.69. The smallest absolute Gasteiger partial charge is 0.0303 e. The van der Waals surface area contributed by atoms with Crippen LogP contribution in [-0.2, 0) is 19.5 Å². The van der Waals surface area contributed by atoms with Crippen molar-refractivity contribution in [3.05, 3.63) is 56.8 Å². The molecule has 1 aromatic carbocycles. The van der Waals surface area contributed by atoms with E-state index in [0.717, 1.165) is 19.5 Å². The molecule has 0 spiro atoms. The van der Waals surface area contributed by atoms with Crippen molar-refractivity contribution in [2.75, 3.05) is 0 Å². The van der Waals surface area contributed by atoms with Gasteiger partial charge >= 0.3 is 0 Å². The first-order valence-corrected chi connectivity index (χ1v) is 7.35. The van der Waals surface area contributed by atoms with E-state index in [1.807, 2.05) is 11.3 Å². The van der Waals surface area contributed by atoms with E-state index in [1.54, 1.807) is 0 Å². The van der Waals surface area contributed by atoms with Crippen molar-refractivity contribution in [1.82, 2.24) is 5.32 Å². The molecule has 0 amide bonds. The zero-order valence-electron chi connectivity index (χ0n) is 11.4. The molecule has 2 aromatic rings. The summed E-state index contributed by atoms with van der Waals surface area (Å²) < 4.78 is 0. The summed E-state index contributed by atoms with van der Waals surface area (Å²) in [5, 5.41) is 3.51. The quantitative estimate of drug-likeness (QED) is 0.848. The second kappa shape index (κ2) is 6.17. The average molecular weight is 259 g/mol. The lowest BCUT2D eigenvalue weighted by atomic mass is 10.1. The number of benzene rings is 1. The number of nitrogens with one attached hydrogen (secondary N) is 1. The van der Waals surface area contributed by atoms with E-state index in [-0.39, 0.29) is 0 Å². The Morgan fingerprint density at radius 1 is 1.00 bits per heavy atom. The lowest BCUT2D eigenvalue weighted by molar-refractivity contribution is 0.700. The predicted molar refractivity (Wildman–Crippen MR) is 80.2 cm³/mol. The lowest BCUT2D eigenvalue weighted by Crippen LogP contribution is -2.11. The van der Waals surface area contributed by atoms with Gasteiger partial charge < -0.3 is 5.32 Å². The van der Waals surface area contributed by atoms with Crippen LogP contribution in [0.4, 0.5) is 0 Å². The van der Waals surface area contributed by atoms with Crippen molar-refractivity contribution in [1.29, 1.82) is 0 Å². The molecule has 0 saturated heterocycles. The molecule has 0 saturated carbocycles. The topological polar surface area (TPSA) is 12.0 Å². The Labute approximate surface area is 114 Å². The summed E-state index contributed by atoms with van der Waals surface area (Å²) in [7, 11) is 0. The van der Waals surface area contributed by atoms with Crippen LogP contribution in [0.2, 0.25) is 0 Å². The lowest BCUT2D eigenvalue weighted by Gasteiger charge is -2.04. The molecule has 1 N–H and O–H groups in total. The maximum atomic E-state index is 3.51. The number of thiophene rings is 1. The molecule has 96 valence electrons. The van der Waals surface area contributed by atoms with E-state index in [9.17, 15) is 0 Å². The molecule has 0 atom stereocenters. The van der Waals surface area contributed by atoms with Gasteiger partial charge in [0.15, 0.2) is 0 Å². The largest absolute Gasteiger partial charge is 0.308 e. The normalized spacial score (nSPS) is 10.8. The van der Waals surface area contributed by atoms with Gasteiger partial charge in [0.25, 0.3) is 0 Å². The molecule has 1 nitrogen and oxygen atoms in total. The van der Waals surface area contributed by atoms with E-state index in [1.165, 1.54) is 26.4 Å². The summed E-state index contributed by atoms with van der Waals surface area (Å²) in [4.78, 5) is 2.86. The summed E-state index contributed by atoms with van der Waals surface area (Å²) in [6, 6.07) is 11.2. The Balaban J connectivity index is 1.84. The van der Waals surface area contributed by atoms with Gasteiger partial charge in [0.2, 0.25) is 0 Å². The van der Waals surface area contributed by atoms with E-state index in [4.69, 9.17) is 0 Å². The SMILES string of the molecule is CCc1ccc(CNCc2cc(C)c(C)s2)cc1. The fourth-order valence-corrected chi connectivity index (χ4v) is 2.98. The summed E-state index contributed by atoms with van der Waals surface area (Å²) in [6.07, 6.45) is 1.11. The van der Waals surface area contributed by atoms with Crippen molar-refractivity contribution >= 4 is 11.3 Å². The van der Waals surface area contributed by atoms with Crippen molar-refractivity contribution in [3.8, 4) is 0 Å². The third-order valence-electron chi connectivity index (χ3n) is 3.28. The van der Waals surface area contributed by atoms with Crippen LogP contribution < -0.4 is 5.32 Å². The molecule has 1 aromatic heterocycles. The van der Waals surface area contributed by atoms with Crippen LogP contribution in [0.15, 0.2) is 30.3 Å². The Kier molecular flexibility index (Phi) is 4.56. The number of aryl methyl sites for hydroxylation is 3. The molecule has 0 unspecified atom stereocenters. The summed E-state index contributed by atoms with van der Waals surface area (Å²) in [5.41, 5.74) is 4.17. The van der Waals surface area contributed by atoms with Crippen LogP contribution in [0, 0.1) is 13.8 Å². The van der Waals surface area contributed by atoms with Gasteiger partial charge in [0.05, 0.1) is 0 Å². The van der Waals surface area contributed by atoms with Crippen molar-refractivity contribution in [2.45, 2.75) is 40.3 Å². The second-order valence-electron chi connectivity index (χ2n) is 4.73. The Morgan fingerprint density at radius 2 is 1.67 bits per heavy atom. The van der Waals surface area contributed by atoms with Crippen molar-refractivity contribution in [2.24, 2.45) is 0 Å². The molecule has 0 radical (unpaired) electrons. The van der Waals surface area contributed by atoms with Gasteiger partial charge in [-0.2, -0.15) is 0 Å². The maximum Gasteiger partial charge on any atom is 0.0303 e. The molecule has 0 aliphatic heterocycles. The molecule has 0 aliphatic carbocycles. The van der Waals surface area contributed by atoms with Crippen LogP contribution in [0.3, 0.4) is 0 Å². The molecule has 0 fully saturated rings. The monoisotopic (exact) mass is 259 g/mol. The number of hydrogen-bond acceptors (Lipinski definition) is 2. The summed E-state index contributed by atoms with van der Waals surface area (Å²) in [6.45, 7) is 8.47. The first-order valence-electron chi connectivity index (χ1n) is 6.53. The maximum absolute atomic E-state index is 3.51. The highest BCUT2D eigenvalue weighted by molar-refractivity contribution is 7.12. The highest BCUT2D eigenvalue weighted by Crippen LogP contribution is 2.20. The molecular weight excluding hydrogens is 238 g/mol. The minimum absolute atomic E-state index is 0.944. The Morgan fingerprint density at radius 3 is 2.22 bits per heavy atom. The highest BCUT2D eigenvalue weighted by atomic mass is 32.1.